The van der Waals surface area contributed by atoms with Crippen molar-refractivity contribution < 1.29 is 36.2 Å². The Morgan fingerprint density at radius 2 is 1.02 bits per heavy atom. The smallest absolute Gasteiger partial charge is 0.435 e. The zero-order chi connectivity index (χ0) is 37.8. The first-order valence-corrected chi connectivity index (χ1v) is 16.4. The summed E-state index contributed by atoms with van der Waals surface area (Å²) in [5, 5.41) is 17.6. The predicted molar refractivity (Wildman–Crippen MR) is 190 cm³/mol. The molecule has 2 aromatic heterocycles. The molecule has 0 atom stereocenters. The molecule has 270 valence electrons. The van der Waals surface area contributed by atoms with Crippen molar-refractivity contribution in [1.29, 1.82) is 0 Å². The first kappa shape index (κ1) is 37.1. The third-order valence-corrected chi connectivity index (χ3v) is 8.32. The average molecular weight is 768 g/mol. The quantitative estimate of drug-likeness (QED) is 0.164. The van der Waals surface area contributed by atoms with Gasteiger partial charge in [0.15, 0.2) is 11.4 Å². The van der Waals surface area contributed by atoms with Crippen LogP contribution in [0.4, 0.5) is 26.3 Å². The summed E-state index contributed by atoms with van der Waals surface area (Å²) < 4.78 is 87.4. The number of ether oxygens (including phenoxy) is 1. The van der Waals surface area contributed by atoms with Crippen LogP contribution in [0, 0.1) is 0 Å². The van der Waals surface area contributed by atoms with Gasteiger partial charge >= 0.3 is 12.4 Å². The lowest BCUT2D eigenvalue weighted by molar-refractivity contribution is -0.142. The van der Waals surface area contributed by atoms with Crippen molar-refractivity contribution in [3.05, 3.63) is 167 Å². The lowest BCUT2D eigenvalue weighted by atomic mass is 10.1. The largest absolute Gasteiger partial charge is 0.508 e. The number of aromatic hydroxyl groups is 1. The SMILES string of the molecule is FC(F)(F)c1cc(-c2cccc(OCc3ccccc3)c2)n(-c2ccccc2Cl)n1.Oc1cccc(-c2cc(C(F)(F)F)nn2-c2ccccc2Cl)c1. The summed E-state index contributed by atoms with van der Waals surface area (Å²) in [7, 11) is 0. The van der Waals surface area contributed by atoms with E-state index in [1.807, 2.05) is 30.3 Å². The van der Waals surface area contributed by atoms with E-state index >= 15 is 0 Å². The Bertz CT molecular complexity index is 2340. The molecule has 0 aliphatic rings. The van der Waals surface area contributed by atoms with E-state index in [1.54, 1.807) is 84.9 Å². The third-order valence-electron chi connectivity index (χ3n) is 7.68. The number of benzene rings is 5. The highest BCUT2D eigenvalue weighted by Crippen LogP contribution is 2.37. The fraction of sp³-hybridized carbons (Fsp3) is 0.0769. The standard InChI is InChI=1S/C23H16ClF3N2O.C16H10ClF3N2O/c24-19-11-4-5-12-20(19)29-21(14-22(28-29)23(25,26)27)17-9-6-10-18(13-17)30-15-16-7-2-1-3-8-16;17-12-6-1-2-7-13(12)22-14(9-15(21-22)16(18,19)20)10-4-3-5-11(23)8-10/h1-14H,15H2;1-9,23H. The molecule has 14 heteroatoms. The van der Waals surface area contributed by atoms with E-state index in [2.05, 4.69) is 10.2 Å². The Morgan fingerprint density at radius 3 is 1.51 bits per heavy atom. The number of phenolic OH excluding ortho intramolecular Hbond substituents is 1. The summed E-state index contributed by atoms with van der Waals surface area (Å²) in [6, 6.07) is 37.5. The van der Waals surface area contributed by atoms with Crippen molar-refractivity contribution in [3.8, 4) is 45.4 Å². The van der Waals surface area contributed by atoms with Gasteiger partial charge in [0.25, 0.3) is 0 Å². The van der Waals surface area contributed by atoms with Gasteiger partial charge in [-0.25, -0.2) is 9.36 Å². The van der Waals surface area contributed by atoms with Gasteiger partial charge in [-0.1, -0.05) is 102 Å². The Hall–Kier alpha value is -5.72. The van der Waals surface area contributed by atoms with E-state index in [1.165, 1.54) is 16.8 Å². The van der Waals surface area contributed by atoms with Gasteiger partial charge in [0.2, 0.25) is 0 Å². The number of para-hydroxylation sites is 2. The van der Waals surface area contributed by atoms with Crippen molar-refractivity contribution >= 4 is 23.2 Å². The minimum Gasteiger partial charge on any atom is -0.508 e. The van der Waals surface area contributed by atoms with Crippen LogP contribution >= 0.6 is 23.2 Å². The number of hydrogen-bond donors (Lipinski definition) is 1. The van der Waals surface area contributed by atoms with Gasteiger partial charge in [0.05, 0.1) is 32.8 Å². The summed E-state index contributed by atoms with van der Waals surface area (Å²) in [6.07, 6.45) is -9.17. The summed E-state index contributed by atoms with van der Waals surface area (Å²) in [5.41, 5.74) is 1.02. The molecule has 0 unspecified atom stereocenters. The summed E-state index contributed by atoms with van der Waals surface area (Å²) in [6.45, 7) is 0.349. The number of phenols is 1. The van der Waals surface area contributed by atoms with Crippen LogP contribution < -0.4 is 4.74 Å². The van der Waals surface area contributed by atoms with Crippen LogP contribution in [-0.4, -0.2) is 24.7 Å². The molecular formula is C39H26Cl2F6N4O2. The van der Waals surface area contributed by atoms with Crippen molar-refractivity contribution in [2.45, 2.75) is 19.0 Å². The molecule has 6 nitrogen and oxygen atoms in total. The molecule has 0 radical (unpaired) electrons. The lowest BCUT2D eigenvalue weighted by Crippen LogP contribution is -2.07. The molecular weight excluding hydrogens is 741 g/mol. The van der Waals surface area contributed by atoms with Gasteiger partial charge in [0.1, 0.15) is 18.1 Å². The van der Waals surface area contributed by atoms with Crippen LogP contribution in [-0.2, 0) is 19.0 Å². The first-order valence-electron chi connectivity index (χ1n) is 15.7. The van der Waals surface area contributed by atoms with Gasteiger partial charge in [-0.3, -0.25) is 0 Å². The number of alkyl halides is 6. The van der Waals surface area contributed by atoms with Crippen LogP contribution in [0.25, 0.3) is 33.9 Å². The van der Waals surface area contributed by atoms with Crippen molar-refractivity contribution in [3.63, 3.8) is 0 Å². The molecule has 0 spiro atoms. The second-order valence-corrected chi connectivity index (χ2v) is 12.2. The van der Waals surface area contributed by atoms with Gasteiger partial charge in [0, 0.05) is 11.1 Å². The molecule has 0 aliphatic carbocycles. The topological polar surface area (TPSA) is 65.1 Å². The van der Waals surface area contributed by atoms with Crippen LogP contribution in [0.5, 0.6) is 11.5 Å². The second kappa shape index (κ2) is 15.5. The Morgan fingerprint density at radius 1 is 0.547 bits per heavy atom. The average Bonchev–Trinajstić information content (AvgIpc) is 3.79. The number of halogens is 8. The predicted octanol–water partition coefficient (Wildman–Crippen LogP) is 11.7. The van der Waals surface area contributed by atoms with Gasteiger partial charge in [-0.15, -0.1) is 0 Å². The van der Waals surface area contributed by atoms with Crippen LogP contribution in [0.1, 0.15) is 17.0 Å². The molecule has 1 N–H and O–H groups in total. The van der Waals surface area contributed by atoms with Crippen LogP contribution in [0.15, 0.2) is 140 Å². The summed E-state index contributed by atoms with van der Waals surface area (Å²) in [4.78, 5) is 0. The highest BCUT2D eigenvalue weighted by Gasteiger charge is 2.36. The van der Waals surface area contributed by atoms with E-state index in [4.69, 9.17) is 27.9 Å². The maximum Gasteiger partial charge on any atom is 0.435 e. The molecule has 0 amide bonds. The number of nitrogens with zero attached hydrogens (tertiary/aromatic N) is 4. The summed E-state index contributed by atoms with van der Waals surface area (Å²) >= 11 is 12.3. The van der Waals surface area contributed by atoms with E-state index in [0.29, 0.717) is 39.9 Å². The van der Waals surface area contributed by atoms with Crippen molar-refractivity contribution in [2.24, 2.45) is 0 Å². The van der Waals surface area contributed by atoms with E-state index in [9.17, 15) is 31.4 Å². The fourth-order valence-electron chi connectivity index (χ4n) is 5.22. The molecule has 0 aliphatic heterocycles. The Labute approximate surface area is 309 Å². The maximum atomic E-state index is 13.4. The van der Waals surface area contributed by atoms with Crippen molar-refractivity contribution in [1.82, 2.24) is 19.6 Å². The molecule has 7 aromatic rings. The Balaban J connectivity index is 0.000000188. The molecule has 5 aromatic carbocycles. The number of aromatic nitrogens is 4. The summed E-state index contributed by atoms with van der Waals surface area (Å²) in [5.74, 6) is 0.486. The van der Waals surface area contributed by atoms with E-state index in [-0.39, 0.29) is 22.2 Å². The monoisotopic (exact) mass is 766 g/mol. The van der Waals surface area contributed by atoms with Gasteiger partial charge < -0.3 is 9.84 Å². The zero-order valence-corrected chi connectivity index (χ0v) is 28.7. The maximum absolute atomic E-state index is 13.4. The lowest BCUT2D eigenvalue weighted by Gasteiger charge is -2.11. The third kappa shape index (κ3) is 8.85. The minimum absolute atomic E-state index is 0.0528. The van der Waals surface area contributed by atoms with Crippen LogP contribution in [0.3, 0.4) is 0 Å². The van der Waals surface area contributed by atoms with Gasteiger partial charge in [-0.2, -0.15) is 36.5 Å². The number of rotatable bonds is 7. The molecule has 7 rings (SSSR count). The molecule has 2 heterocycles. The molecule has 53 heavy (non-hydrogen) atoms. The molecule has 0 saturated carbocycles. The second-order valence-electron chi connectivity index (χ2n) is 11.4. The van der Waals surface area contributed by atoms with Crippen molar-refractivity contribution in [2.75, 3.05) is 0 Å². The molecule has 0 saturated heterocycles. The zero-order valence-electron chi connectivity index (χ0n) is 27.2. The first-order chi connectivity index (χ1) is 25.3. The van der Waals surface area contributed by atoms with E-state index < -0.39 is 23.7 Å². The van der Waals surface area contributed by atoms with Gasteiger partial charge in [-0.05, 0) is 66.2 Å². The highest BCUT2D eigenvalue weighted by atomic mass is 35.5. The molecule has 0 bridgehead atoms. The Kier molecular flexibility index (Phi) is 10.8. The number of hydrogen-bond acceptors (Lipinski definition) is 4. The minimum atomic E-state index is -4.59. The molecule has 0 fully saturated rings. The van der Waals surface area contributed by atoms with Crippen LogP contribution in [0.2, 0.25) is 10.0 Å². The van der Waals surface area contributed by atoms with E-state index in [0.717, 1.165) is 22.4 Å². The fourth-order valence-corrected chi connectivity index (χ4v) is 5.65. The highest BCUT2D eigenvalue weighted by molar-refractivity contribution is 6.32. The normalized spacial score (nSPS) is 11.5.